The zero-order valence-electron chi connectivity index (χ0n) is 8.62. The van der Waals surface area contributed by atoms with E-state index in [9.17, 15) is 57.1 Å². The highest BCUT2D eigenvalue weighted by atomic mass is 31.0. The Labute approximate surface area is 103 Å². The molecule has 0 bridgehead atoms. The Morgan fingerprint density at radius 3 is 0.900 bits per heavy atom. The van der Waals surface area contributed by atoms with E-state index in [0.29, 0.717) is 0 Å². The number of hydrogen-bond acceptors (Lipinski definition) is 0. The van der Waals surface area contributed by atoms with Crippen LogP contribution in [0.15, 0.2) is 0 Å². The molecule has 122 valence electrons. The van der Waals surface area contributed by atoms with Crippen LogP contribution in [0.1, 0.15) is 0 Å². The minimum atomic E-state index is -7.66. The van der Waals surface area contributed by atoms with E-state index >= 15 is 0 Å². The maximum atomic E-state index is 12.7. The summed E-state index contributed by atoms with van der Waals surface area (Å²) >= 11 is 0. The molecule has 0 fully saturated rings. The molecule has 0 aliphatic heterocycles. The van der Waals surface area contributed by atoms with Gasteiger partial charge in [0.1, 0.15) is 0 Å². The quantitative estimate of drug-likeness (QED) is 0.525. The first-order chi connectivity index (χ1) is 8.25. The molecule has 0 spiro atoms. The molecular formula is C6H3F13P+. The lowest BCUT2D eigenvalue weighted by atomic mass is 9.99. The Morgan fingerprint density at radius 2 is 0.700 bits per heavy atom. The predicted molar refractivity (Wildman–Crippen MR) is 41.9 cm³/mol. The van der Waals surface area contributed by atoms with Gasteiger partial charge in [-0.1, -0.05) is 0 Å². The van der Waals surface area contributed by atoms with Crippen molar-refractivity contribution in [3.63, 3.8) is 0 Å². The number of alkyl halides is 13. The van der Waals surface area contributed by atoms with Crippen LogP contribution in [-0.2, 0) is 0 Å². The summed E-state index contributed by atoms with van der Waals surface area (Å²) in [6.45, 7) is 0. The maximum Gasteiger partial charge on any atom is 0.465 e. The van der Waals surface area contributed by atoms with Gasteiger partial charge in [0.2, 0.25) is 0 Å². The summed E-state index contributed by atoms with van der Waals surface area (Å²) in [7, 11) is -1.52. The number of halogens is 13. The molecule has 2 unspecified atom stereocenters. The number of rotatable bonds is 3. The lowest BCUT2D eigenvalue weighted by Gasteiger charge is -2.37. The van der Waals surface area contributed by atoms with Crippen molar-refractivity contribution < 1.29 is 57.1 Å². The first kappa shape index (κ1) is 19.5. The molecule has 0 aliphatic carbocycles. The normalized spacial score (nSPS) is 19.1. The Kier molecular flexibility index (Phi) is 4.40. The van der Waals surface area contributed by atoms with Crippen molar-refractivity contribution in [2.45, 2.75) is 35.5 Å². The van der Waals surface area contributed by atoms with Gasteiger partial charge in [-0.3, -0.25) is 0 Å². The van der Waals surface area contributed by atoms with E-state index < -0.39 is 44.8 Å². The van der Waals surface area contributed by atoms with Gasteiger partial charge in [-0.05, 0) is 0 Å². The van der Waals surface area contributed by atoms with Crippen molar-refractivity contribution in [3.05, 3.63) is 0 Å². The van der Waals surface area contributed by atoms with Gasteiger partial charge in [-0.2, -0.15) is 57.1 Å². The highest BCUT2D eigenvalue weighted by molar-refractivity contribution is 7.19. The average Bonchev–Trinajstić information content (AvgIpc) is 2.12. The van der Waals surface area contributed by atoms with E-state index in [1.54, 1.807) is 0 Å². The smallest absolute Gasteiger partial charge is 0.192 e. The van der Waals surface area contributed by atoms with E-state index in [4.69, 9.17) is 0 Å². The third-order valence-corrected chi connectivity index (χ3v) is 2.94. The second-order valence-electron chi connectivity index (χ2n) is 3.52. The van der Waals surface area contributed by atoms with Crippen molar-refractivity contribution in [2.24, 2.45) is 0 Å². The molecule has 0 nitrogen and oxygen atoms in total. The van der Waals surface area contributed by atoms with Crippen LogP contribution in [0.5, 0.6) is 0 Å². The van der Waals surface area contributed by atoms with Gasteiger partial charge >= 0.3 is 35.5 Å². The summed E-state index contributed by atoms with van der Waals surface area (Å²) < 4.78 is 158. The first-order valence-electron chi connectivity index (χ1n) is 4.06. The Hall–Kier alpha value is -0.480. The zero-order chi connectivity index (χ0) is 17.0. The number of hydrogen-bond donors (Lipinski definition) is 0. The molecule has 0 rings (SSSR count). The molecular weight excluding hydrogens is 350 g/mol. The molecule has 0 heterocycles. The molecule has 0 aliphatic rings. The molecule has 20 heavy (non-hydrogen) atoms. The van der Waals surface area contributed by atoms with E-state index in [-0.39, 0.29) is 0 Å². The highest BCUT2D eigenvalue weighted by Gasteiger charge is 2.91. The SMILES string of the molecule is FC(F)(F)C(F)(F)C(F)(F)C(F)(F)C(F)([PH3+])C(F)(F)F. The van der Waals surface area contributed by atoms with Gasteiger partial charge in [0, 0.05) is 9.24 Å². The van der Waals surface area contributed by atoms with Crippen molar-refractivity contribution in [2.75, 3.05) is 0 Å². The summed E-state index contributed by atoms with van der Waals surface area (Å²) in [5.41, 5.74) is 0. The summed E-state index contributed by atoms with van der Waals surface area (Å²) in [6.07, 6.45) is -14.1. The van der Waals surface area contributed by atoms with E-state index in [2.05, 4.69) is 0 Å². The minimum absolute atomic E-state index is 1.52. The molecule has 0 N–H and O–H groups in total. The molecule has 0 aromatic heterocycles. The second-order valence-corrected chi connectivity index (χ2v) is 4.49. The third-order valence-electron chi connectivity index (χ3n) is 2.09. The average molecular weight is 353 g/mol. The maximum absolute atomic E-state index is 12.7. The molecule has 0 radical (unpaired) electrons. The topological polar surface area (TPSA) is 0 Å². The lowest BCUT2D eigenvalue weighted by molar-refractivity contribution is -0.419. The van der Waals surface area contributed by atoms with Gasteiger partial charge < -0.3 is 0 Å². The summed E-state index contributed by atoms with van der Waals surface area (Å²) in [6, 6.07) is 0. The fraction of sp³-hybridized carbons (Fsp3) is 1.00. The van der Waals surface area contributed by atoms with Crippen molar-refractivity contribution in [1.82, 2.24) is 0 Å². The summed E-state index contributed by atoms with van der Waals surface area (Å²) in [5.74, 6) is -22.6. The van der Waals surface area contributed by atoms with Gasteiger partial charge in [-0.15, -0.1) is 0 Å². The molecule has 0 aromatic carbocycles. The second kappa shape index (κ2) is 4.51. The highest BCUT2D eigenvalue weighted by Crippen LogP contribution is 2.61. The summed E-state index contributed by atoms with van der Waals surface area (Å²) in [4.78, 5) is 0. The van der Waals surface area contributed by atoms with Crippen molar-refractivity contribution in [1.29, 1.82) is 0 Å². The lowest BCUT2D eigenvalue weighted by Crippen LogP contribution is -2.68. The van der Waals surface area contributed by atoms with E-state index in [1.165, 1.54) is 0 Å². The monoisotopic (exact) mass is 353 g/mol. The standard InChI is InChI=1S/C6H2F13P/c7-1(8,3(11,12)5(14,15)16)2(9,10)4(13,20)6(17,18)19/h20H2/p+1. The first-order valence-corrected chi connectivity index (χ1v) is 4.77. The largest absolute Gasteiger partial charge is 0.465 e. The van der Waals surface area contributed by atoms with Crippen LogP contribution < -0.4 is 0 Å². The fourth-order valence-corrected chi connectivity index (χ4v) is 1.02. The Bertz CT molecular complexity index is 324. The van der Waals surface area contributed by atoms with Crippen molar-refractivity contribution >= 4 is 9.24 Å². The zero-order valence-corrected chi connectivity index (χ0v) is 10.0. The van der Waals surface area contributed by atoms with E-state index in [0.717, 1.165) is 0 Å². The Balaban J connectivity index is 6.08. The van der Waals surface area contributed by atoms with Crippen LogP contribution in [0.3, 0.4) is 0 Å². The predicted octanol–water partition coefficient (Wildman–Crippen LogP) is 4.29. The van der Waals surface area contributed by atoms with Crippen LogP contribution >= 0.6 is 9.24 Å². The molecule has 0 amide bonds. The van der Waals surface area contributed by atoms with Crippen molar-refractivity contribution in [3.8, 4) is 0 Å². The van der Waals surface area contributed by atoms with Gasteiger partial charge in [0.25, 0.3) is 0 Å². The molecule has 2 atom stereocenters. The minimum Gasteiger partial charge on any atom is -0.192 e. The van der Waals surface area contributed by atoms with Crippen LogP contribution in [0.4, 0.5) is 57.1 Å². The van der Waals surface area contributed by atoms with Gasteiger partial charge in [0.15, 0.2) is 0 Å². The third kappa shape index (κ3) is 2.41. The van der Waals surface area contributed by atoms with Gasteiger partial charge in [0.05, 0.1) is 0 Å². The fourth-order valence-electron chi connectivity index (χ4n) is 0.802. The van der Waals surface area contributed by atoms with Gasteiger partial charge in [-0.25, -0.2) is 0 Å². The van der Waals surface area contributed by atoms with Crippen LogP contribution in [0.25, 0.3) is 0 Å². The van der Waals surface area contributed by atoms with Crippen LogP contribution in [0, 0.1) is 0 Å². The molecule has 0 saturated heterocycles. The van der Waals surface area contributed by atoms with Crippen LogP contribution in [0.2, 0.25) is 0 Å². The van der Waals surface area contributed by atoms with E-state index in [1.807, 2.05) is 0 Å². The molecule has 14 heteroatoms. The molecule has 0 aromatic rings. The Morgan fingerprint density at radius 1 is 0.400 bits per heavy atom. The summed E-state index contributed by atoms with van der Waals surface area (Å²) in [5, 5.41) is -6.29. The molecule has 0 saturated carbocycles. The van der Waals surface area contributed by atoms with Crippen LogP contribution in [-0.4, -0.2) is 35.5 Å².